The monoisotopic (exact) mass is 273 g/mol. The van der Waals surface area contributed by atoms with Gasteiger partial charge in [0, 0.05) is 25.5 Å². The first-order chi connectivity index (χ1) is 9.72. The molecule has 1 aromatic carbocycles. The Bertz CT molecular complexity index is 458. The summed E-state index contributed by atoms with van der Waals surface area (Å²) in [4.78, 5) is 0. The molecular weight excluding hydrogens is 246 g/mol. The van der Waals surface area contributed by atoms with E-state index in [4.69, 9.17) is 10.5 Å². The normalized spacial score (nSPS) is 23.5. The van der Waals surface area contributed by atoms with Gasteiger partial charge in [0.15, 0.2) is 0 Å². The smallest absolute Gasteiger partial charge is 0.0721 e. The third-order valence-electron chi connectivity index (χ3n) is 5.51. The summed E-state index contributed by atoms with van der Waals surface area (Å²) in [6, 6.07) is 9.14. The van der Waals surface area contributed by atoms with Gasteiger partial charge in [-0.2, -0.15) is 0 Å². The second kappa shape index (κ2) is 5.50. The molecule has 0 spiro atoms. The van der Waals surface area contributed by atoms with E-state index >= 15 is 0 Å². The molecule has 2 N–H and O–H groups in total. The Morgan fingerprint density at radius 1 is 1.10 bits per heavy atom. The Balaban J connectivity index is 1.82. The minimum atomic E-state index is 0.140. The lowest BCUT2D eigenvalue weighted by molar-refractivity contribution is 0.0807. The van der Waals surface area contributed by atoms with Gasteiger partial charge >= 0.3 is 0 Å². The van der Waals surface area contributed by atoms with Crippen molar-refractivity contribution in [2.75, 3.05) is 13.7 Å². The number of ether oxygens (including phenoxy) is 1. The molecule has 0 aromatic heterocycles. The minimum absolute atomic E-state index is 0.140. The molecule has 2 nitrogen and oxygen atoms in total. The molecule has 20 heavy (non-hydrogen) atoms. The molecule has 1 aromatic rings. The van der Waals surface area contributed by atoms with E-state index in [1.54, 1.807) is 0 Å². The summed E-state index contributed by atoms with van der Waals surface area (Å²) in [5, 5.41) is 0. The van der Waals surface area contributed by atoms with E-state index in [0.29, 0.717) is 0 Å². The van der Waals surface area contributed by atoms with E-state index in [-0.39, 0.29) is 11.0 Å². The molecular formula is C18H27NO. The number of methoxy groups -OCH3 is 1. The molecule has 0 unspecified atom stereocenters. The number of hydrogen-bond acceptors (Lipinski definition) is 2. The number of benzene rings is 1. The fraction of sp³-hybridized carbons (Fsp3) is 0.667. The first kappa shape index (κ1) is 14.1. The Morgan fingerprint density at radius 2 is 1.85 bits per heavy atom. The summed E-state index contributed by atoms with van der Waals surface area (Å²) in [6.45, 7) is 0.784. The molecule has 0 heterocycles. The van der Waals surface area contributed by atoms with Crippen LogP contribution in [0.15, 0.2) is 24.3 Å². The summed E-state index contributed by atoms with van der Waals surface area (Å²) in [6.07, 6.45) is 9.98. The third kappa shape index (κ3) is 2.64. The van der Waals surface area contributed by atoms with Crippen LogP contribution in [0, 0.1) is 0 Å². The van der Waals surface area contributed by atoms with Crippen LogP contribution >= 0.6 is 0 Å². The van der Waals surface area contributed by atoms with E-state index < -0.39 is 0 Å². The molecule has 2 saturated carbocycles. The van der Waals surface area contributed by atoms with Gasteiger partial charge in [-0.1, -0.05) is 43.5 Å². The highest BCUT2D eigenvalue weighted by molar-refractivity contribution is 5.32. The van der Waals surface area contributed by atoms with Gasteiger partial charge in [-0.25, -0.2) is 0 Å². The van der Waals surface area contributed by atoms with Gasteiger partial charge in [-0.05, 0) is 36.8 Å². The number of hydrogen-bond donors (Lipinski definition) is 1. The number of nitrogens with two attached hydrogens (primary N) is 1. The summed E-state index contributed by atoms with van der Waals surface area (Å²) < 4.78 is 5.66. The standard InChI is InChI=1S/C18H27NO/c1-20-18(10-11-18)13-15-6-5-7-16(12-15)17(14-19)8-3-2-4-9-17/h5-7,12H,2-4,8-11,13-14,19H2,1H3. The lowest BCUT2D eigenvalue weighted by Gasteiger charge is -2.37. The molecule has 2 heteroatoms. The highest BCUT2D eigenvalue weighted by Crippen LogP contribution is 2.43. The third-order valence-corrected chi connectivity index (χ3v) is 5.51. The molecule has 3 rings (SSSR count). The molecule has 0 radical (unpaired) electrons. The maximum Gasteiger partial charge on any atom is 0.0721 e. The Labute approximate surface area is 122 Å². The SMILES string of the molecule is COC1(Cc2cccc(C3(CN)CCCCC3)c2)CC1. The Morgan fingerprint density at radius 3 is 2.45 bits per heavy atom. The number of rotatable bonds is 5. The summed E-state index contributed by atoms with van der Waals surface area (Å²) in [5.74, 6) is 0. The van der Waals surface area contributed by atoms with Crippen LogP contribution < -0.4 is 5.73 Å². The van der Waals surface area contributed by atoms with Crippen LogP contribution in [0.2, 0.25) is 0 Å². The van der Waals surface area contributed by atoms with E-state index in [2.05, 4.69) is 24.3 Å². The van der Waals surface area contributed by atoms with E-state index in [1.807, 2.05) is 7.11 Å². The molecule has 0 bridgehead atoms. The molecule has 0 aliphatic heterocycles. The molecule has 2 aliphatic carbocycles. The zero-order valence-electron chi connectivity index (χ0n) is 12.7. The predicted molar refractivity (Wildman–Crippen MR) is 82.9 cm³/mol. The van der Waals surface area contributed by atoms with Gasteiger partial charge < -0.3 is 10.5 Å². The molecule has 0 amide bonds. The second-order valence-corrected chi connectivity index (χ2v) is 6.81. The van der Waals surface area contributed by atoms with Gasteiger partial charge in [0.05, 0.1) is 5.60 Å². The van der Waals surface area contributed by atoms with Crippen molar-refractivity contribution in [2.24, 2.45) is 5.73 Å². The van der Waals surface area contributed by atoms with Crippen molar-refractivity contribution >= 4 is 0 Å². The van der Waals surface area contributed by atoms with Gasteiger partial charge in [0.25, 0.3) is 0 Å². The zero-order chi connectivity index (χ0) is 14.1. The summed E-state index contributed by atoms with van der Waals surface area (Å²) >= 11 is 0. The van der Waals surface area contributed by atoms with Crippen molar-refractivity contribution in [3.8, 4) is 0 Å². The van der Waals surface area contributed by atoms with Crippen molar-refractivity contribution < 1.29 is 4.74 Å². The fourth-order valence-electron chi connectivity index (χ4n) is 3.81. The van der Waals surface area contributed by atoms with Gasteiger partial charge in [-0.3, -0.25) is 0 Å². The molecule has 2 fully saturated rings. The zero-order valence-corrected chi connectivity index (χ0v) is 12.7. The van der Waals surface area contributed by atoms with Crippen molar-refractivity contribution in [1.29, 1.82) is 0 Å². The largest absolute Gasteiger partial charge is 0.378 e. The van der Waals surface area contributed by atoms with Crippen LogP contribution in [0.5, 0.6) is 0 Å². The molecule has 0 atom stereocenters. The Hall–Kier alpha value is -0.860. The predicted octanol–water partition coefficient (Wildman–Crippen LogP) is 3.57. The van der Waals surface area contributed by atoms with Crippen molar-refractivity contribution in [3.05, 3.63) is 35.4 Å². The average molecular weight is 273 g/mol. The van der Waals surface area contributed by atoms with Crippen molar-refractivity contribution in [3.63, 3.8) is 0 Å². The first-order valence-corrected chi connectivity index (χ1v) is 8.07. The van der Waals surface area contributed by atoms with Crippen LogP contribution in [0.4, 0.5) is 0 Å². The topological polar surface area (TPSA) is 35.2 Å². The highest BCUT2D eigenvalue weighted by Gasteiger charge is 2.43. The van der Waals surface area contributed by atoms with Crippen LogP contribution in [0.3, 0.4) is 0 Å². The van der Waals surface area contributed by atoms with E-state index in [9.17, 15) is 0 Å². The lowest BCUT2D eigenvalue weighted by atomic mass is 9.69. The van der Waals surface area contributed by atoms with Crippen LogP contribution in [0.25, 0.3) is 0 Å². The van der Waals surface area contributed by atoms with E-state index in [1.165, 1.54) is 56.1 Å². The lowest BCUT2D eigenvalue weighted by Crippen LogP contribution is -2.37. The Kier molecular flexibility index (Phi) is 3.87. The minimum Gasteiger partial charge on any atom is -0.378 e. The molecule has 0 saturated heterocycles. The highest BCUT2D eigenvalue weighted by atomic mass is 16.5. The van der Waals surface area contributed by atoms with Crippen LogP contribution in [-0.4, -0.2) is 19.3 Å². The maximum absolute atomic E-state index is 6.16. The molecule has 110 valence electrons. The van der Waals surface area contributed by atoms with Crippen molar-refractivity contribution in [2.45, 2.75) is 62.4 Å². The average Bonchev–Trinajstić information content (AvgIpc) is 3.28. The quantitative estimate of drug-likeness (QED) is 0.890. The summed E-state index contributed by atoms with van der Waals surface area (Å²) in [5.41, 5.74) is 9.41. The van der Waals surface area contributed by atoms with Gasteiger partial charge in [0.1, 0.15) is 0 Å². The van der Waals surface area contributed by atoms with Crippen LogP contribution in [-0.2, 0) is 16.6 Å². The maximum atomic E-state index is 6.16. The fourth-order valence-corrected chi connectivity index (χ4v) is 3.81. The second-order valence-electron chi connectivity index (χ2n) is 6.81. The summed E-state index contributed by atoms with van der Waals surface area (Å²) in [7, 11) is 1.85. The van der Waals surface area contributed by atoms with Gasteiger partial charge in [0.2, 0.25) is 0 Å². The van der Waals surface area contributed by atoms with Gasteiger partial charge in [-0.15, -0.1) is 0 Å². The first-order valence-electron chi connectivity index (χ1n) is 8.07. The van der Waals surface area contributed by atoms with Crippen molar-refractivity contribution in [1.82, 2.24) is 0 Å². The van der Waals surface area contributed by atoms with E-state index in [0.717, 1.165) is 13.0 Å². The molecule has 2 aliphatic rings. The van der Waals surface area contributed by atoms with Crippen LogP contribution in [0.1, 0.15) is 56.1 Å².